The molecule has 0 unspecified atom stereocenters. The van der Waals surface area contributed by atoms with Crippen molar-refractivity contribution in [1.29, 1.82) is 0 Å². The SMILES string of the molecule is N[C@@H]1[C@H](C(=O)NCCOc2ccccc2F)[C@@H]2C=C[C@H]1C2. The lowest BCUT2D eigenvalue weighted by Crippen LogP contribution is -2.45. The van der Waals surface area contributed by atoms with Crippen LogP contribution in [0.1, 0.15) is 6.42 Å². The van der Waals surface area contributed by atoms with Crippen LogP contribution >= 0.6 is 0 Å². The van der Waals surface area contributed by atoms with Gasteiger partial charge >= 0.3 is 0 Å². The summed E-state index contributed by atoms with van der Waals surface area (Å²) >= 11 is 0. The van der Waals surface area contributed by atoms with E-state index in [1.807, 2.05) is 0 Å². The molecule has 0 aliphatic heterocycles. The molecule has 112 valence electrons. The van der Waals surface area contributed by atoms with Crippen molar-refractivity contribution in [2.45, 2.75) is 12.5 Å². The average Bonchev–Trinajstić information content (AvgIpc) is 3.06. The summed E-state index contributed by atoms with van der Waals surface area (Å²) in [6.07, 6.45) is 5.18. The summed E-state index contributed by atoms with van der Waals surface area (Å²) in [5.74, 6) is 0.221. The number of carbonyl (C=O) groups is 1. The van der Waals surface area contributed by atoms with E-state index >= 15 is 0 Å². The first-order chi connectivity index (χ1) is 10.2. The van der Waals surface area contributed by atoms with Gasteiger partial charge < -0.3 is 15.8 Å². The molecule has 3 N–H and O–H groups in total. The van der Waals surface area contributed by atoms with E-state index in [1.165, 1.54) is 6.07 Å². The van der Waals surface area contributed by atoms with Crippen LogP contribution in [0.2, 0.25) is 0 Å². The number of allylic oxidation sites excluding steroid dienone is 1. The third-order valence-corrected chi connectivity index (χ3v) is 4.32. The van der Waals surface area contributed by atoms with Crippen LogP contribution in [0, 0.1) is 23.6 Å². The van der Waals surface area contributed by atoms with Crippen LogP contribution in [-0.2, 0) is 4.79 Å². The van der Waals surface area contributed by atoms with Gasteiger partial charge in [0.1, 0.15) is 6.61 Å². The molecule has 0 aromatic heterocycles. The number of hydrogen-bond donors (Lipinski definition) is 2. The van der Waals surface area contributed by atoms with Gasteiger partial charge in [-0.25, -0.2) is 4.39 Å². The van der Waals surface area contributed by atoms with E-state index in [0.717, 1.165) is 6.42 Å². The van der Waals surface area contributed by atoms with Crippen LogP contribution < -0.4 is 15.8 Å². The maximum absolute atomic E-state index is 13.3. The molecule has 4 atom stereocenters. The van der Waals surface area contributed by atoms with Crippen molar-refractivity contribution in [3.63, 3.8) is 0 Å². The van der Waals surface area contributed by atoms with Crippen molar-refractivity contribution in [2.75, 3.05) is 13.2 Å². The van der Waals surface area contributed by atoms with Gasteiger partial charge in [0, 0.05) is 6.04 Å². The second-order valence-electron chi connectivity index (χ2n) is 5.62. The Morgan fingerprint density at radius 1 is 1.33 bits per heavy atom. The summed E-state index contributed by atoms with van der Waals surface area (Å²) in [4.78, 5) is 12.2. The monoisotopic (exact) mass is 290 g/mol. The Kier molecular flexibility index (Phi) is 3.92. The third-order valence-electron chi connectivity index (χ3n) is 4.32. The van der Waals surface area contributed by atoms with Crippen molar-refractivity contribution in [3.8, 4) is 5.75 Å². The Morgan fingerprint density at radius 2 is 2.10 bits per heavy atom. The fraction of sp³-hybridized carbons (Fsp3) is 0.438. The van der Waals surface area contributed by atoms with Crippen LogP contribution in [0.15, 0.2) is 36.4 Å². The fourth-order valence-electron chi connectivity index (χ4n) is 3.24. The van der Waals surface area contributed by atoms with E-state index < -0.39 is 5.82 Å². The molecule has 0 heterocycles. The van der Waals surface area contributed by atoms with Crippen molar-refractivity contribution >= 4 is 5.91 Å². The molecule has 2 bridgehead atoms. The highest BCUT2D eigenvalue weighted by Gasteiger charge is 2.46. The van der Waals surface area contributed by atoms with Gasteiger partial charge in [-0.2, -0.15) is 0 Å². The molecular weight excluding hydrogens is 271 g/mol. The summed E-state index contributed by atoms with van der Waals surface area (Å²) < 4.78 is 18.6. The molecule has 21 heavy (non-hydrogen) atoms. The number of fused-ring (bicyclic) bond motifs is 2. The van der Waals surface area contributed by atoms with Gasteiger partial charge in [-0.15, -0.1) is 0 Å². The lowest BCUT2D eigenvalue weighted by Gasteiger charge is -2.23. The molecule has 1 saturated carbocycles. The van der Waals surface area contributed by atoms with Crippen LogP contribution in [0.5, 0.6) is 5.75 Å². The first kappa shape index (κ1) is 14.1. The molecule has 0 spiro atoms. The lowest BCUT2D eigenvalue weighted by molar-refractivity contribution is -0.126. The lowest BCUT2D eigenvalue weighted by atomic mass is 9.89. The minimum absolute atomic E-state index is 0.0310. The zero-order chi connectivity index (χ0) is 14.8. The Bertz CT molecular complexity index is 561. The Morgan fingerprint density at radius 3 is 2.81 bits per heavy atom. The van der Waals surface area contributed by atoms with E-state index in [1.54, 1.807) is 18.2 Å². The number of carbonyl (C=O) groups excluding carboxylic acids is 1. The van der Waals surface area contributed by atoms with E-state index in [0.29, 0.717) is 12.5 Å². The molecular formula is C16H19FN2O2. The molecule has 5 heteroatoms. The van der Waals surface area contributed by atoms with E-state index in [9.17, 15) is 9.18 Å². The third kappa shape index (κ3) is 2.78. The number of nitrogens with two attached hydrogens (primary N) is 1. The Balaban J connectivity index is 1.45. The number of amides is 1. The minimum atomic E-state index is -0.399. The van der Waals surface area contributed by atoms with Gasteiger partial charge in [-0.1, -0.05) is 24.3 Å². The van der Waals surface area contributed by atoms with Gasteiger partial charge in [0.15, 0.2) is 11.6 Å². The minimum Gasteiger partial charge on any atom is -0.489 e. The highest BCUT2D eigenvalue weighted by Crippen LogP contribution is 2.42. The van der Waals surface area contributed by atoms with Gasteiger partial charge in [0.25, 0.3) is 0 Å². The summed E-state index contributed by atoms with van der Waals surface area (Å²) in [6, 6.07) is 6.13. The zero-order valence-electron chi connectivity index (χ0n) is 11.7. The molecule has 0 saturated heterocycles. The number of rotatable bonds is 5. The van der Waals surface area contributed by atoms with Crippen LogP contribution in [0.4, 0.5) is 4.39 Å². The first-order valence-corrected chi connectivity index (χ1v) is 7.26. The van der Waals surface area contributed by atoms with Gasteiger partial charge in [-0.3, -0.25) is 4.79 Å². The van der Waals surface area contributed by atoms with E-state index in [-0.39, 0.29) is 36.1 Å². The van der Waals surface area contributed by atoms with E-state index in [2.05, 4.69) is 17.5 Å². The van der Waals surface area contributed by atoms with Gasteiger partial charge in [-0.05, 0) is 30.4 Å². The van der Waals surface area contributed by atoms with Crippen LogP contribution in [0.3, 0.4) is 0 Å². The largest absolute Gasteiger partial charge is 0.489 e. The normalized spacial score (nSPS) is 29.6. The Labute approximate surface area is 123 Å². The highest BCUT2D eigenvalue weighted by molar-refractivity contribution is 5.80. The summed E-state index contributed by atoms with van der Waals surface area (Å²) in [7, 11) is 0. The zero-order valence-corrected chi connectivity index (χ0v) is 11.7. The summed E-state index contributed by atoms with van der Waals surface area (Å²) in [5, 5.41) is 2.83. The quantitative estimate of drug-likeness (QED) is 0.637. The van der Waals surface area contributed by atoms with Crippen molar-refractivity contribution in [2.24, 2.45) is 23.5 Å². The maximum Gasteiger partial charge on any atom is 0.225 e. The standard InChI is InChI=1S/C16H19FN2O2/c17-12-3-1-2-4-13(12)21-8-7-19-16(20)14-10-5-6-11(9-10)15(14)18/h1-6,10-11,14-15H,7-9,18H2,(H,19,20)/t10-,11+,14-,15+/m1/s1. The maximum atomic E-state index is 13.3. The molecule has 1 fully saturated rings. The second kappa shape index (κ2) is 5.85. The van der Waals surface area contributed by atoms with Crippen molar-refractivity contribution in [3.05, 3.63) is 42.2 Å². The number of halogens is 1. The van der Waals surface area contributed by atoms with E-state index in [4.69, 9.17) is 10.5 Å². The molecule has 1 amide bonds. The predicted octanol–water partition coefficient (Wildman–Crippen LogP) is 1.47. The van der Waals surface area contributed by atoms with Crippen molar-refractivity contribution in [1.82, 2.24) is 5.32 Å². The Hall–Kier alpha value is -1.88. The fourth-order valence-corrected chi connectivity index (χ4v) is 3.24. The number of para-hydroxylation sites is 1. The number of nitrogens with one attached hydrogen (secondary N) is 1. The van der Waals surface area contributed by atoms with Crippen molar-refractivity contribution < 1.29 is 13.9 Å². The predicted molar refractivity (Wildman–Crippen MR) is 77.1 cm³/mol. The second-order valence-corrected chi connectivity index (χ2v) is 5.62. The number of ether oxygens (including phenoxy) is 1. The summed E-state index contributed by atoms with van der Waals surface area (Å²) in [6.45, 7) is 0.579. The summed E-state index contributed by atoms with van der Waals surface area (Å²) in [5.41, 5.74) is 6.09. The molecule has 1 aromatic carbocycles. The molecule has 3 rings (SSSR count). The first-order valence-electron chi connectivity index (χ1n) is 7.26. The molecule has 2 aliphatic carbocycles. The number of hydrogen-bond acceptors (Lipinski definition) is 3. The van der Waals surface area contributed by atoms with Crippen LogP contribution in [0.25, 0.3) is 0 Å². The van der Waals surface area contributed by atoms with Gasteiger partial charge in [0.2, 0.25) is 5.91 Å². The molecule has 4 nitrogen and oxygen atoms in total. The van der Waals surface area contributed by atoms with Crippen LogP contribution in [-0.4, -0.2) is 25.1 Å². The molecule has 2 aliphatic rings. The highest BCUT2D eigenvalue weighted by atomic mass is 19.1. The molecule has 0 radical (unpaired) electrons. The van der Waals surface area contributed by atoms with Gasteiger partial charge in [0.05, 0.1) is 12.5 Å². The topological polar surface area (TPSA) is 64.4 Å². The number of benzene rings is 1. The average molecular weight is 290 g/mol. The smallest absolute Gasteiger partial charge is 0.225 e. The molecule has 1 aromatic rings.